The molecule has 0 radical (unpaired) electrons. The fourth-order valence-electron chi connectivity index (χ4n) is 2.76. The van der Waals surface area contributed by atoms with Gasteiger partial charge in [0, 0.05) is 17.8 Å². The minimum atomic E-state index is -0.766. The first kappa shape index (κ1) is 17.8. The molecule has 0 aliphatic carbocycles. The van der Waals surface area contributed by atoms with Crippen LogP contribution in [0.1, 0.15) is 25.8 Å². The minimum absolute atomic E-state index is 0.0779. The average Bonchev–Trinajstić information content (AvgIpc) is 2.64. The second-order valence-corrected chi connectivity index (χ2v) is 6.18. The molecular weight excluding hydrogens is 332 g/mol. The Balaban J connectivity index is 1.76. The first-order chi connectivity index (χ1) is 12.5. The monoisotopic (exact) mass is 354 g/mol. The van der Waals surface area contributed by atoms with Crippen LogP contribution in [0, 0.1) is 6.92 Å². The molecule has 136 valence electrons. The van der Waals surface area contributed by atoms with Crippen molar-refractivity contribution in [2.75, 3.05) is 10.6 Å². The first-order valence-electron chi connectivity index (χ1n) is 8.62. The number of rotatable bonds is 4. The van der Waals surface area contributed by atoms with E-state index in [2.05, 4.69) is 10.6 Å². The molecule has 0 spiro atoms. The highest BCUT2D eigenvalue weighted by Gasteiger charge is 2.34. The number of para-hydroxylation sites is 2. The van der Waals surface area contributed by atoms with E-state index in [9.17, 15) is 9.59 Å². The second kappa shape index (κ2) is 7.47. The third-order valence-electron chi connectivity index (χ3n) is 4.29. The van der Waals surface area contributed by atoms with Crippen molar-refractivity contribution >= 4 is 23.2 Å². The molecule has 0 fully saturated rings. The predicted octanol–water partition coefficient (Wildman–Crippen LogP) is 3.51. The van der Waals surface area contributed by atoms with E-state index in [1.54, 1.807) is 38.1 Å². The summed E-state index contributed by atoms with van der Waals surface area (Å²) >= 11 is 0. The van der Waals surface area contributed by atoms with Gasteiger partial charge in [-0.2, -0.15) is 0 Å². The number of carbonyl (C=O) groups is 2. The van der Waals surface area contributed by atoms with Crippen LogP contribution in [0.25, 0.3) is 0 Å². The summed E-state index contributed by atoms with van der Waals surface area (Å²) in [6, 6.07) is 12.6. The molecule has 2 aromatic rings. The van der Waals surface area contributed by atoms with Gasteiger partial charge in [-0.25, -0.2) is 0 Å². The zero-order chi connectivity index (χ0) is 18.7. The van der Waals surface area contributed by atoms with E-state index in [1.165, 1.54) is 0 Å². The number of benzene rings is 2. The lowest BCUT2D eigenvalue weighted by molar-refractivity contribution is -0.128. The molecule has 6 nitrogen and oxygen atoms in total. The molecule has 6 heteroatoms. The summed E-state index contributed by atoms with van der Waals surface area (Å²) in [4.78, 5) is 24.4. The normalized spacial score (nSPS) is 18.1. The van der Waals surface area contributed by atoms with Crippen LogP contribution >= 0.6 is 0 Å². The maximum absolute atomic E-state index is 12.7. The molecule has 26 heavy (non-hydrogen) atoms. The molecule has 1 aliphatic heterocycles. The molecule has 3 rings (SSSR count). The van der Waals surface area contributed by atoms with Gasteiger partial charge in [-0.1, -0.05) is 25.1 Å². The molecule has 1 aliphatic rings. The van der Waals surface area contributed by atoms with Crippen LogP contribution in [0.2, 0.25) is 0 Å². The number of amides is 2. The van der Waals surface area contributed by atoms with Gasteiger partial charge in [-0.15, -0.1) is 0 Å². The standard InChI is InChI=1S/C20H22N2O4/c1-4-18(23)21-14-8-7-9-15(12(14)2)22-20(24)19-13(3)25-16-10-5-6-11-17(16)26-19/h5-11,13,19H,4H2,1-3H3,(H,21,23)(H,22,24). The van der Waals surface area contributed by atoms with E-state index in [4.69, 9.17) is 9.47 Å². The average molecular weight is 354 g/mol. The van der Waals surface area contributed by atoms with Gasteiger partial charge in [-0.3, -0.25) is 9.59 Å². The summed E-state index contributed by atoms with van der Waals surface area (Å²) in [7, 11) is 0. The number of anilines is 2. The smallest absolute Gasteiger partial charge is 0.269 e. The molecular formula is C20H22N2O4. The van der Waals surface area contributed by atoms with Crippen LogP contribution in [0.3, 0.4) is 0 Å². The lowest BCUT2D eigenvalue weighted by atomic mass is 10.1. The van der Waals surface area contributed by atoms with Crippen LogP contribution in [-0.2, 0) is 9.59 Å². The minimum Gasteiger partial charge on any atom is -0.482 e. The largest absolute Gasteiger partial charge is 0.482 e. The van der Waals surface area contributed by atoms with Crippen LogP contribution in [0.15, 0.2) is 42.5 Å². The Bertz CT molecular complexity index is 834. The Kier molecular flexibility index (Phi) is 5.11. The molecule has 0 saturated heterocycles. The van der Waals surface area contributed by atoms with Gasteiger partial charge in [0.15, 0.2) is 11.5 Å². The zero-order valence-corrected chi connectivity index (χ0v) is 15.0. The molecule has 2 N–H and O–H groups in total. The number of nitrogens with one attached hydrogen (secondary N) is 2. The van der Waals surface area contributed by atoms with Crippen LogP contribution < -0.4 is 20.1 Å². The van der Waals surface area contributed by atoms with Gasteiger partial charge in [-0.05, 0) is 43.7 Å². The predicted molar refractivity (Wildman–Crippen MR) is 99.7 cm³/mol. The highest BCUT2D eigenvalue weighted by atomic mass is 16.6. The third kappa shape index (κ3) is 3.64. The fraction of sp³-hybridized carbons (Fsp3) is 0.300. The van der Waals surface area contributed by atoms with Crippen molar-refractivity contribution in [1.82, 2.24) is 0 Å². The fourth-order valence-corrected chi connectivity index (χ4v) is 2.76. The summed E-state index contributed by atoms with van der Waals surface area (Å²) < 4.78 is 11.6. The molecule has 0 bridgehead atoms. The molecule has 0 aromatic heterocycles. The lowest BCUT2D eigenvalue weighted by Crippen LogP contribution is -2.46. The first-order valence-corrected chi connectivity index (χ1v) is 8.62. The Hall–Kier alpha value is -3.02. The van der Waals surface area contributed by atoms with Crippen LogP contribution in [0.4, 0.5) is 11.4 Å². The molecule has 0 saturated carbocycles. The number of ether oxygens (including phenoxy) is 2. The van der Waals surface area contributed by atoms with Crippen molar-refractivity contribution in [2.24, 2.45) is 0 Å². The maximum atomic E-state index is 12.7. The van der Waals surface area contributed by atoms with Gasteiger partial charge >= 0.3 is 0 Å². The number of hydrogen-bond donors (Lipinski definition) is 2. The van der Waals surface area contributed by atoms with E-state index in [1.807, 2.05) is 25.1 Å². The molecule has 2 unspecified atom stereocenters. The molecule has 2 atom stereocenters. The second-order valence-electron chi connectivity index (χ2n) is 6.18. The molecule has 1 heterocycles. The quantitative estimate of drug-likeness (QED) is 0.881. The summed E-state index contributed by atoms with van der Waals surface area (Å²) in [6.07, 6.45) is -0.799. The Morgan fingerprint density at radius 1 is 0.962 bits per heavy atom. The molecule has 2 aromatic carbocycles. The van der Waals surface area contributed by atoms with Crippen LogP contribution in [0.5, 0.6) is 11.5 Å². The zero-order valence-electron chi connectivity index (χ0n) is 15.0. The van der Waals surface area contributed by atoms with Gasteiger partial charge in [0.1, 0.15) is 6.10 Å². The Morgan fingerprint density at radius 3 is 2.23 bits per heavy atom. The number of hydrogen-bond acceptors (Lipinski definition) is 4. The SMILES string of the molecule is CCC(=O)Nc1cccc(NC(=O)C2Oc3ccccc3OC2C)c1C. The van der Waals surface area contributed by atoms with Gasteiger partial charge in [0.25, 0.3) is 5.91 Å². The summed E-state index contributed by atoms with van der Waals surface area (Å²) in [5.41, 5.74) is 2.08. The third-order valence-corrected chi connectivity index (χ3v) is 4.29. The van der Waals surface area contributed by atoms with Crippen molar-refractivity contribution in [3.05, 3.63) is 48.0 Å². The van der Waals surface area contributed by atoms with Crippen molar-refractivity contribution in [3.63, 3.8) is 0 Å². The summed E-state index contributed by atoms with van der Waals surface area (Å²) in [5.74, 6) is 0.802. The van der Waals surface area contributed by atoms with Crippen molar-refractivity contribution < 1.29 is 19.1 Å². The highest BCUT2D eigenvalue weighted by molar-refractivity contribution is 5.98. The Labute approximate surface area is 152 Å². The van der Waals surface area contributed by atoms with Gasteiger partial charge in [0.2, 0.25) is 12.0 Å². The maximum Gasteiger partial charge on any atom is 0.269 e. The van der Waals surface area contributed by atoms with Crippen molar-refractivity contribution in [1.29, 1.82) is 0 Å². The Morgan fingerprint density at radius 2 is 1.58 bits per heavy atom. The lowest BCUT2D eigenvalue weighted by Gasteiger charge is -2.31. The van der Waals surface area contributed by atoms with E-state index < -0.39 is 12.2 Å². The van der Waals surface area contributed by atoms with Crippen molar-refractivity contribution in [2.45, 2.75) is 39.4 Å². The van der Waals surface area contributed by atoms with Gasteiger partial charge < -0.3 is 20.1 Å². The van der Waals surface area contributed by atoms with Gasteiger partial charge in [0.05, 0.1) is 0 Å². The van der Waals surface area contributed by atoms with E-state index >= 15 is 0 Å². The number of fused-ring (bicyclic) bond motifs is 1. The summed E-state index contributed by atoms with van der Waals surface area (Å²) in [6.45, 7) is 5.43. The van der Waals surface area contributed by atoms with Crippen LogP contribution in [-0.4, -0.2) is 24.0 Å². The topological polar surface area (TPSA) is 76.7 Å². The van der Waals surface area contributed by atoms with E-state index in [0.717, 1.165) is 5.56 Å². The molecule has 2 amide bonds. The number of carbonyl (C=O) groups excluding carboxylic acids is 2. The van der Waals surface area contributed by atoms with E-state index in [-0.39, 0.29) is 11.8 Å². The summed E-state index contributed by atoms with van der Waals surface area (Å²) in [5, 5.41) is 5.71. The highest BCUT2D eigenvalue weighted by Crippen LogP contribution is 2.34. The van der Waals surface area contributed by atoms with E-state index in [0.29, 0.717) is 29.3 Å². The van der Waals surface area contributed by atoms with Crippen molar-refractivity contribution in [3.8, 4) is 11.5 Å².